The minimum Gasteiger partial charge on any atom is -0.387 e. The van der Waals surface area contributed by atoms with Crippen LogP contribution in [0.4, 0.5) is 5.00 Å². The number of hydrogen-bond acceptors (Lipinski definition) is 11. The molecule has 0 aromatic carbocycles. The molecule has 2 fully saturated rings. The van der Waals surface area contributed by atoms with Crippen molar-refractivity contribution < 1.29 is 33.9 Å². The SMILES string of the molecule is CC(=O)N[C@H](C(=O)N1CCC[C@H]1C(=O)Cc1cc2sc(-c3cc4sc(NC(=O)[C@@H]5CCCN5C(=O)[C@@H](NC(=O)CO)C(C)C)cc4s3)cc2s1)C(C)C. The van der Waals surface area contributed by atoms with Crippen molar-refractivity contribution >= 4 is 104 Å². The van der Waals surface area contributed by atoms with Crippen LogP contribution < -0.4 is 16.0 Å². The number of Topliss-reactive ketones (excluding diaryl/α,β-unsaturated/α-hetero) is 1. The molecule has 284 valence electrons. The molecule has 4 atom stereocenters. The highest BCUT2D eigenvalue weighted by Gasteiger charge is 2.40. The van der Waals surface area contributed by atoms with Crippen LogP contribution in [0.2, 0.25) is 0 Å². The largest absolute Gasteiger partial charge is 0.387 e. The Morgan fingerprint density at radius 2 is 1.26 bits per heavy atom. The lowest BCUT2D eigenvalue weighted by molar-refractivity contribution is -0.141. The van der Waals surface area contributed by atoms with Gasteiger partial charge in [-0.05, 0) is 61.8 Å². The lowest BCUT2D eigenvalue weighted by Crippen LogP contribution is -2.54. The van der Waals surface area contributed by atoms with Crippen LogP contribution in [0, 0.1) is 11.8 Å². The highest BCUT2D eigenvalue weighted by molar-refractivity contribution is 7.34. The molecule has 2 aliphatic heterocycles. The Morgan fingerprint density at radius 3 is 1.81 bits per heavy atom. The minimum atomic E-state index is -0.823. The van der Waals surface area contributed by atoms with E-state index in [1.807, 2.05) is 33.8 Å². The summed E-state index contributed by atoms with van der Waals surface area (Å²) in [6, 6.07) is 5.72. The Balaban J connectivity index is 1.08. The van der Waals surface area contributed by atoms with Gasteiger partial charge in [-0.2, -0.15) is 0 Å². The smallest absolute Gasteiger partial charge is 0.247 e. The van der Waals surface area contributed by atoms with Gasteiger partial charge in [-0.1, -0.05) is 27.7 Å². The number of thiophene rings is 4. The van der Waals surface area contributed by atoms with E-state index < -0.39 is 36.7 Å². The second-order valence-corrected chi connectivity index (χ2v) is 18.8. The molecule has 4 N–H and O–H groups in total. The zero-order valence-electron chi connectivity index (χ0n) is 30.4. The van der Waals surface area contributed by atoms with Crippen LogP contribution in [0.25, 0.3) is 28.6 Å². The first-order valence-corrected chi connectivity index (χ1v) is 21.2. The maximum absolute atomic E-state index is 13.5. The molecule has 2 saturated heterocycles. The fourth-order valence-corrected chi connectivity index (χ4v) is 11.9. The van der Waals surface area contributed by atoms with E-state index in [4.69, 9.17) is 5.11 Å². The lowest BCUT2D eigenvalue weighted by Gasteiger charge is -2.30. The number of aliphatic hydroxyl groups is 1. The summed E-state index contributed by atoms with van der Waals surface area (Å²) >= 11 is 6.40. The van der Waals surface area contributed by atoms with Gasteiger partial charge in [-0.25, -0.2) is 0 Å². The second-order valence-electron chi connectivity index (χ2n) is 14.4. The van der Waals surface area contributed by atoms with Gasteiger partial charge in [0, 0.05) is 59.9 Å². The monoisotopic (exact) mass is 799 g/mol. The van der Waals surface area contributed by atoms with E-state index in [1.165, 1.54) is 23.2 Å². The Bertz CT molecular complexity index is 1980. The van der Waals surface area contributed by atoms with Crippen molar-refractivity contribution in [1.82, 2.24) is 20.4 Å². The van der Waals surface area contributed by atoms with Gasteiger partial charge in [0.25, 0.3) is 0 Å². The normalized spacial score (nSPS) is 18.6. The summed E-state index contributed by atoms with van der Waals surface area (Å²) in [5, 5.41) is 18.2. The molecule has 4 aromatic heterocycles. The van der Waals surface area contributed by atoms with Gasteiger partial charge < -0.3 is 30.9 Å². The standard InChI is InChI=1S/C37H45N5O7S4/c1-18(2)33(38-20(5)44)36(48)41-10-6-8-22(41)24(45)12-21-13-25-26(50-21)14-27(51-25)28-15-29-30(52-28)16-32(53-29)40-35(47)23-9-7-11-42(23)37(49)34(19(3)4)39-31(46)17-43/h13-16,18-19,22-23,33-34,43H,6-12,17H2,1-5H3,(H,38,44)(H,39,46)(H,40,47)/t22-,23-,33-,34-/m0/s1. The third-order valence-electron chi connectivity index (χ3n) is 9.73. The number of anilines is 1. The van der Waals surface area contributed by atoms with Gasteiger partial charge >= 0.3 is 0 Å². The molecule has 5 amide bonds. The predicted octanol–water partition coefficient (Wildman–Crippen LogP) is 5.23. The summed E-state index contributed by atoms with van der Waals surface area (Å²) in [4.78, 5) is 83.6. The maximum Gasteiger partial charge on any atom is 0.247 e. The molecule has 0 spiro atoms. The van der Waals surface area contributed by atoms with Crippen LogP contribution in [0.3, 0.4) is 0 Å². The Labute approximate surface area is 323 Å². The molecule has 0 bridgehead atoms. The Morgan fingerprint density at radius 1 is 0.736 bits per heavy atom. The molecule has 6 heterocycles. The molecule has 6 rings (SSSR count). The molecular weight excluding hydrogens is 755 g/mol. The van der Waals surface area contributed by atoms with Crippen molar-refractivity contribution in [1.29, 1.82) is 0 Å². The lowest BCUT2D eigenvalue weighted by atomic mass is 10.0. The third kappa shape index (κ3) is 8.51. The van der Waals surface area contributed by atoms with Crippen molar-refractivity contribution in [3.8, 4) is 9.75 Å². The van der Waals surface area contributed by atoms with Gasteiger partial charge in [0.2, 0.25) is 29.5 Å². The molecule has 16 heteroatoms. The first-order valence-electron chi connectivity index (χ1n) is 17.9. The molecule has 0 aliphatic carbocycles. The van der Waals surface area contributed by atoms with Crippen LogP contribution in [0.15, 0.2) is 24.3 Å². The second kappa shape index (κ2) is 16.3. The summed E-state index contributed by atoms with van der Waals surface area (Å²) in [6.45, 7) is 9.04. The molecule has 0 unspecified atom stereocenters. The van der Waals surface area contributed by atoms with Crippen LogP contribution in [0.5, 0.6) is 0 Å². The molecule has 4 aromatic rings. The van der Waals surface area contributed by atoms with Crippen molar-refractivity contribution in [3.63, 3.8) is 0 Å². The van der Waals surface area contributed by atoms with Gasteiger partial charge in [0.05, 0.1) is 11.0 Å². The number of carbonyl (C=O) groups is 6. The predicted molar refractivity (Wildman–Crippen MR) is 212 cm³/mol. The topological polar surface area (TPSA) is 165 Å². The number of amides is 5. The number of nitrogens with zero attached hydrogens (tertiary/aromatic N) is 2. The fraction of sp³-hybridized carbons (Fsp3) is 0.514. The number of aliphatic hydroxyl groups excluding tert-OH is 1. The Kier molecular flexibility index (Phi) is 12.0. The fourth-order valence-electron chi connectivity index (χ4n) is 7.10. The number of nitrogens with one attached hydrogen (secondary N) is 3. The van der Waals surface area contributed by atoms with Crippen LogP contribution >= 0.6 is 45.3 Å². The van der Waals surface area contributed by atoms with Gasteiger partial charge in [-0.15, -0.1) is 45.3 Å². The first-order chi connectivity index (χ1) is 25.2. The first kappa shape index (κ1) is 39.0. The summed E-state index contributed by atoms with van der Waals surface area (Å²) in [7, 11) is 0. The molecule has 0 saturated carbocycles. The van der Waals surface area contributed by atoms with E-state index in [2.05, 4.69) is 34.1 Å². The molecule has 0 radical (unpaired) electrons. The minimum absolute atomic E-state index is 0.0234. The van der Waals surface area contributed by atoms with E-state index in [0.717, 1.165) is 39.9 Å². The van der Waals surface area contributed by atoms with Crippen LogP contribution in [-0.2, 0) is 35.2 Å². The third-order valence-corrected chi connectivity index (χ3v) is 14.4. The van der Waals surface area contributed by atoms with Gasteiger partial charge in [-0.3, -0.25) is 28.8 Å². The number of fused-ring (bicyclic) bond motifs is 2. The summed E-state index contributed by atoms with van der Waals surface area (Å²) < 4.78 is 4.30. The van der Waals surface area contributed by atoms with Gasteiger partial charge in [0.1, 0.15) is 24.7 Å². The maximum atomic E-state index is 13.5. The van der Waals surface area contributed by atoms with E-state index in [0.29, 0.717) is 37.4 Å². The van der Waals surface area contributed by atoms with Crippen molar-refractivity contribution in [2.75, 3.05) is 25.0 Å². The molecular formula is C37H45N5O7S4. The zero-order valence-corrected chi connectivity index (χ0v) is 33.6. The average Bonchev–Trinajstić information content (AvgIpc) is 3.94. The number of likely N-dealkylation sites (tertiary alicyclic amines) is 2. The van der Waals surface area contributed by atoms with Crippen molar-refractivity contribution in [3.05, 3.63) is 29.1 Å². The summed E-state index contributed by atoms with van der Waals surface area (Å²) in [6.07, 6.45) is 2.86. The molecule has 12 nitrogen and oxygen atoms in total. The number of rotatable bonds is 13. The van der Waals surface area contributed by atoms with E-state index in [1.54, 1.807) is 38.9 Å². The van der Waals surface area contributed by atoms with Crippen LogP contribution in [-0.4, -0.2) is 94.1 Å². The number of hydrogen-bond donors (Lipinski definition) is 4. The number of carbonyl (C=O) groups excluding carboxylic acids is 6. The summed E-state index contributed by atoms with van der Waals surface area (Å²) in [5.41, 5.74) is 0. The summed E-state index contributed by atoms with van der Waals surface area (Å²) in [5.74, 6) is -1.94. The van der Waals surface area contributed by atoms with Gasteiger partial charge in [0.15, 0.2) is 5.78 Å². The van der Waals surface area contributed by atoms with E-state index >= 15 is 0 Å². The Hall–Kier alpha value is -3.70. The van der Waals surface area contributed by atoms with Crippen LogP contribution in [0.1, 0.15) is 65.2 Å². The zero-order chi connectivity index (χ0) is 38.1. The molecule has 2 aliphatic rings. The molecule has 53 heavy (non-hydrogen) atoms. The quantitative estimate of drug-likeness (QED) is 0.144. The number of ketones is 1. The van der Waals surface area contributed by atoms with E-state index in [9.17, 15) is 28.8 Å². The van der Waals surface area contributed by atoms with E-state index in [-0.39, 0.29) is 47.7 Å². The highest BCUT2D eigenvalue weighted by Crippen LogP contribution is 2.45. The average molecular weight is 800 g/mol. The van der Waals surface area contributed by atoms with Crippen molar-refractivity contribution in [2.45, 2.75) is 90.9 Å². The van der Waals surface area contributed by atoms with Crippen molar-refractivity contribution in [2.24, 2.45) is 11.8 Å². The highest BCUT2D eigenvalue weighted by atomic mass is 32.1.